The van der Waals surface area contributed by atoms with E-state index in [0.717, 1.165) is 19.0 Å². The van der Waals surface area contributed by atoms with Crippen molar-refractivity contribution in [3.8, 4) is 0 Å². The molecule has 0 radical (unpaired) electrons. The Balaban J connectivity index is 2.01. The molecule has 1 N–H and O–H groups in total. The van der Waals surface area contributed by atoms with E-state index < -0.39 is 0 Å². The summed E-state index contributed by atoms with van der Waals surface area (Å²) in [5.74, 6) is 0.819. The summed E-state index contributed by atoms with van der Waals surface area (Å²) in [6.07, 6.45) is 3.79. The number of methoxy groups -OCH3 is 2. The van der Waals surface area contributed by atoms with Gasteiger partial charge in [0.1, 0.15) is 6.10 Å². The van der Waals surface area contributed by atoms with Gasteiger partial charge < -0.3 is 14.8 Å². The van der Waals surface area contributed by atoms with E-state index in [0.29, 0.717) is 6.61 Å². The average Bonchev–Trinajstić information content (AvgIpc) is 2.46. The van der Waals surface area contributed by atoms with Gasteiger partial charge in [0.05, 0.1) is 6.61 Å². The van der Waals surface area contributed by atoms with Crippen LogP contribution in [0.4, 0.5) is 0 Å². The summed E-state index contributed by atoms with van der Waals surface area (Å²) in [5, 5.41) is 3.42. The molecule has 1 fully saturated rings. The molecule has 1 aliphatic rings. The van der Waals surface area contributed by atoms with Crippen molar-refractivity contribution in [2.45, 2.75) is 25.4 Å². The van der Waals surface area contributed by atoms with E-state index in [1.165, 1.54) is 30.4 Å². The minimum absolute atomic E-state index is 0.0398. The van der Waals surface area contributed by atoms with Gasteiger partial charge in [-0.2, -0.15) is 0 Å². The summed E-state index contributed by atoms with van der Waals surface area (Å²) in [6.45, 7) is 2.93. The van der Waals surface area contributed by atoms with Crippen LogP contribution in [0, 0.1) is 5.92 Å². The maximum atomic E-state index is 5.49. The summed E-state index contributed by atoms with van der Waals surface area (Å²) in [5.41, 5.74) is 2.64. The Bertz CT molecular complexity index is 375. The van der Waals surface area contributed by atoms with Gasteiger partial charge in [-0.05, 0) is 49.4 Å². The van der Waals surface area contributed by atoms with E-state index in [9.17, 15) is 0 Å². The van der Waals surface area contributed by atoms with Gasteiger partial charge >= 0.3 is 0 Å². The first-order valence-corrected chi connectivity index (χ1v) is 7.14. The van der Waals surface area contributed by atoms with Crippen molar-refractivity contribution in [3.63, 3.8) is 0 Å². The highest BCUT2D eigenvalue weighted by molar-refractivity contribution is 5.26. The van der Waals surface area contributed by atoms with Crippen LogP contribution in [0.1, 0.15) is 30.1 Å². The molecule has 3 nitrogen and oxygen atoms in total. The van der Waals surface area contributed by atoms with Crippen LogP contribution in [-0.4, -0.2) is 33.9 Å². The maximum Gasteiger partial charge on any atom is 0.105 e. The SMILES string of the molecule is COCC(OC)c1cccc(CC2CCNCC2)c1. The zero-order valence-corrected chi connectivity index (χ0v) is 12.0. The van der Waals surface area contributed by atoms with E-state index in [-0.39, 0.29) is 6.10 Å². The predicted molar refractivity (Wildman–Crippen MR) is 77.4 cm³/mol. The zero-order chi connectivity index (χ0) is 13.5. The van der Waals surface area contributed by atoms with Crippen LogP contribution in [0.5, 0.6) is 0 Å². The molecule has 1 atom stereocenters. The first-order chi connectivity index (χ1) is 9.33. The lowest BCUT2D eigenvalue weighted by Crippen LogP contribution is -2.28. The number of ether oxygens (including phenoxy) is 2. The van der Waals surface area contributed by atoms with Gasteiger partial charge in [-0.1, -0.05) is 24.3 Å². The minimum atomic E-state index is 0.0398. The molecule has 19 heavy (non-hydrogen) atoms. The topological polar surface area (TPSA) is 30.5 Å². The molecule has 1 saturated heterocycles. The van der Waals surface area contributed by atoms with Crippen LogP contribution in [0.25, 0.3) is 0 Å². The van der Waals surface area contributed by atoms with Crippen molar-refractivity contribution in [1.82, 2.24) is 5.32 Å². The van der Waals surface area contributed by atoms with Gasteiger partial charge in [0, 0.05) is 14.2 Å². The highest BCUT2D eigenvalue weighted by atomic mass is 16.5. The highest BCUT2D eigenvalue weighted by Crippen LogP contribution is 2.22. The largest absolute Gasteiger partial charge is 0.382 e. The van der Waals surface area contributed by atoms with E-state index >= 15 is 0 Å². The Hall–Kier alpha value is -0.900. The quantitative estimate of drug-likeness (QED) is 0.855. The van der Waals surface area contributed by atoms with Crippen molar-refractivity contribution in [3.05, 3.63) is 35.4 Å². The van der Waals surface area contributed by atoms with E-state index in [2.05, 4.69) is 29.6 Å². The maximum absolute atomic E-state index is 5.49. The number of hydrogen-bond donors (Lipinski definition) is 1. The first-order valence-electron chi connectivity index (χ1n) is 7.14. The molecule has 1 heterocycles. The third-order valence-electron chi connectivity index (χ3n) is 3.91. The van der Waals surface area contributed by atoms with Gasteiger partial charge in [0.15, 0.2) is 0 Å². The molecule has 0 aliphatic carbocycles. The fourth-order valence-corrected chi connectivity index (χ4v) is 2.79. The fraction of sp³-hybridized carbons (Fsp3) is 0.625. The summed E-state index contributed by atoms with van der Waals surface area (Å²) in [7, 11) is 3.45. The molecule has 1 aromatic carbocycles. The molecular formula is C16H25NO2. The monoisotopic (exact) mass is 263 g/mol. The van der Waals surface area contributed by atoms with Gasteiger partial charge in [-0.3, -0.25) is 0 Å². The lowest BCUT2D eigenvalue weighted by Gasteiger charge is -2.23. The van der Waals surface area contributed by atoms with Crippen molar-refractivity contribution >= 4 is 0 Å². The van der Waals surface area contributed by atoms with Crippen LogP contribution >= 0.6 is 0 Å². The summed E-state index contributed by atoms with van der Waals surface area (Å²) in [6, 6.07) is 8.76. The molecule has 3 heteroatoms. The second-order valence-electron chi connectivity index (χ2n) is 5.32. The Labute approximate surface area is 116 Å². The molecule has 0 amide bonds. The van der Waals surface area contributed by atoms with Crippen LogP contribution in [-0.2, 0) is 15.9 Å². The summed E-state index contributed by atoms with van der Waals surface area (Å²) in [4.78, 5) is 0. The minimum Gasteiger partial charge on any atom is -0.382 e. The van der Waals surface area contributed by atoms with Crippen LogP contribution in [0.3, 0.4) is 0 Å². The third kappa shape index (κ3) is 4.30. The van der Waals surface area contributed by atoms with E-state index in [4.69, 9.17) is 9.47 Å². The molecule has 2 rings (SSSR count). The Morgan fingerprint density at radius 1 is 1.26 bits per heavy atom. The molecular weight excluding hydrogens is 238 g/mol. The van der Waals surface area contributed by atoms with Crippen LogP contribution in [0.15, 0.2) is 24.3 Å². The molecule has 1 aromatic rings. The predicted octanol–water partition coefficient (Wildman–Crippen LogP) is 2.56. The van der Waals surface area contributed by atoms with Gasteiger partial charge in [0.2, 0.25) is 0 Å². The number of rotatable bonds is 6. The number of hydrogen-bond acceptors (Lipinski definition) is 3. The number of piperidine rings is 1. The van der Waals surface area contributed by atoms with Crippen molar-refractivity contribution < 1.29 is 9.47 Å². The smallest absolute Gasteiger partial charge is 0.105 e. The second kappa shape index (κ2) is 7.63. The lowest BCUT2D eigenvalue weighted by molar-refractivity contribution is 0.0274. The average molecular weight is 263 g/mol. The zero-order valence-electron chi connectivity index (χ0n) is 12.0. The normalized spacial score (nSPS) is 18.4. The van der Waals surface area contributed by atoms with Gasteiger partial charge in [-0.15, -0.1) is 0 Å². The molecule has 1 aliphatic heterocycles. The van der Waals surface area contributed by atoms with Gasteiger partial charge in [0.25, 0.3) is 0 Å². The van der Waals surface area contributed by atoms with E-state index in [1.54, 1.807) is 14.2 Å². The van der Waals surface area contributed by atoms with Crippen LogP contribution in [0.2, 0.25) is 0 Å². The highest BCUT2D eigenvalue weighted by Gasteiger charge is 2.15. The molecule has 0 bridgehead atoms. The first kappa shape index (κ1) is 14.5. The molecule has 0 saturated carbocycles. The standard InChI is InChI=1S/C16H25NO2/c1-18-12-16(19-2)15-5-3-4-14(11-15)10-13-6-8-17-9-7-13/h3-5,11,13,16-17H,6-10,12H2,1-2H3. The van der Waals surface area contributed by atoms with Gasteiger partial charge in [-0.25, -0.2) is 0 Å². The summed E-state index contributed by atoms with van der Waals surface area (Å²) < 4.78 is 10.7. The molecule has 0 aromatic heterocycles. The second-order valence-corrected chi connectivity index (χ2v) is 5.32. The van der Waals surface area contributed by atoms with Crippen molar-refractivity contribution in [2.24, 2.45) is 5.92 Å². The Morgan fingerprint density at radius 3 is 2.74 bits per heavy atom. The summed E-state index contributed by atoms with van der Waals surface area (Å²) >= 11 is 0. The lowest BCUT2D eigenvalue weighted by atomic mass is 9.90. The Kier molecular flexibility index (Phi) is 5.83. The Morgan fingerprint density at radius 2 is 2.05 bits per heavy atom. The fourth-order valence-electron chi connectivity index (χ4n) is 2.79. The van der Waals surface area contributed by atoms with E-state index in [1.807, 2.05) is 0 Å². The molecule has 0 spiro atoms. The molecule has 106 valence electrons. The van der Waals surface area contributed by atoms with Crippen molar-refractivity contribution in [2.75, 3.05) is 33.9 Å². The third-order valence-corrected chi connectivity index (χ3v) is 3.91. The number of nitrogens with one attached hydrogen (secondary N) is 1. The number of benzene rings is 1. The van der Waals surface area contributed by atoms with Crippen molar-refractivity contribution in [1.29, 1.82) is 0 Å². The molecule has 1 unspecified atom stereocenters. The van der Waals surface area contributed by atoms with Crippen LogP contribution < -0.4 is 5.32 Å².